The summed E-state index contributed by atoms with van der Waals surface area (Å²) in [4.78, 5) is 24.2. The molecule has 0 saturated carbocycles. The lowest BCUT2D eigenvalue weighted by molar-refractivity contribution is -0.139. The van der Waals surface area contributed by atoms with E-state index in [0.717, 1.165) is 12.7 Å². The van der Waals surface area contributed by atoms with E-state index < -0.39 is 22.4 Å². The van der Waals surface area contributed by atoms with Gasteiger partial charge in [-0.3, -0.25) is 9.59 Å². The number of anilines is 1. The van der Waals surface area contributed by atoms with E-state index >= 15 is 0 Å². The molecule has 1 aliphatic heterocycles. The maximum Gasteiger partial charge on any atom is 0.313 e. The molecule has 2 rings (SSSR count). The highest BCUT2D eigenvalue weighted by Crippen LogP contribution is 2.36. The second-order valence-electron chi connectivity index (χ2n) is 5.14. The summed E-state index contributed by atoms with van der Waals surface area (Å²) >= 11 is 3.21. The fraction of sp³-hybridized carbons (Fsp3) is 0.357. The Balaban J connectivity index is 2.45. The van der Waals surface area contributed by atoms with Crippen LogP contribution >= 0.6 is 15.9 Å². The van der Waals surface area contributed by atoms with Crippen LogP contribution in [0.15, 0.2) is 25.9 Å². The van der Waals surface area contributed by atoms with Crippen LogP contribution in [0.1, 0.15) is 18.9 Å². The Morgan fingerprint density at radius 3 is 2.67 bits per heavy atom. The van der Waals surface area contributed by atoms with Crippen LogP contribution in [0.4, 0.5) is 5.69 Å². The molecular formula is C14H16BrN3O5S. The van der Waals surface area contributed by atoms with Crippen molar-refractivity contribution in [3.05, 3.63) is 22.2 Å². The minimum Gasteiger partial charge on any atom is -0.469 e. The number of nitrogens with zero attached hydrogens (tertiary/aromatic N) is 2. The molecule has 1 heterocycles. The lowest BCUT2D eigenvalue weighted by Crippen LogP contribution is -2.26. The van der Waals surface area contributed by atoms with E-state index in [4.69, 9.17) is 5.73 Å². The second-order valence-corrected chi connectivity index (χ2v) is 7.57. The monoisotopic (exact) mass is 417 g/mol. The summed E-state index contributed by atoms with van der Waals surface area (Å²) in [5, 5.41) is 0. The van der Waals surface area contributed by atoms with Gasteiger partial charge < -0.3 is 15.4 Å². The molecule has 0 spiro atoms. The van der Waals surface area contributed by atoms with Crippen molar-refractivity contribution < 1.29 is 22.7 Å². The number of carbonyl (C=O) groups excluding carboxylic acids is 2. The third-order valence-corrected chi connectivity index (χ3v) is 5.76. The number of hydrogen-bond donors (Lipinski definition) is 1. The Morgan fingerprint density at radius 1 is 1.42 bits per heavy atom. The number of benzene rings is 1. The molecule has 0 unspecified atom stereocenters. The molecule has 1 amide bonds. The number of esters is 1. The molecule has 0 radical (unpaired) electrons. The van der Waals surface area contributed by atoms with E-state index in [0.29, 0.717) is 23.1 Å². The number of sulfonamides is 1. The third kappa shape index (κ3) is 3.75. The van der Waals surface area contributed by atoms with Crippen LogP contribution in [0.5, 0.6) is 0 Å². The molecule has 1 aromatic rings. The molecular weight excluding hydrogens is 402 g/mol. The molecule has 24 heavy (non-hydrogen) atoms. The molecule has 0 saturated heterocycles. The maximum atomic E-state index is 12.5. The van der Waals surface area contributed by atoms with Gasteiger partial charge in [-0.1, -0.05) is 0 Å². The SMILES string of the molecule is COC(=O)C/C(N)=N/S(=O)(=O)c1cc2c(cc1Br)CCN2C(C)=O. The van der Waals surface area contributed by atoms with Crippen LogP contribution in [0.3, 0.4) is 0 Å². The number of ether oxygens (including phenoxy) is 1. The van der Waals surface area contributed by atoms with Gasteiger partial charge in [0.15, 0.2) is 0 Å². The van der Waals surface area contributed by atoms with Gasteiger partial charge >= 0.3 is 5.97 Å². The van der Waals surface area contributed by atoms with Gasteiger partial charge in [0.05, 0.1) is 7.11 Å². The first-order valence-corrected chi connectivity index (χ1v) is 9.15. The van der Waals surface area contributed by atoms with Gasteiger partial charge in [0.2, 0.25) is 5.91 Å². The topological polar surface area (TPSA) is 119 Å². The van der Waals surface area contributed by atoms with Crippen LogP contribution in [-0.4, -0.2) is 39.8 Å². The van der Waals surface area contributed by atoms with Crippen molar-refractivity contribution in [2.45, 2.75) is 24.7 Å². The van der Waals surface area contributed by atoms with Crippen molar-refractivity contribution >= 4 is 49.4 Å². The van der Waals surface area contributed by atoms with Crippen LogP contribution < -0.4 is 10.6 Å². The fourth-order valence-corrected chi connectivity index (χ4v) is 4.41. The van der Waals surface area contributed by atoms with Gasteiger partial charge in [-0.2, -0.15) is 8.42 Å². The van der Waals surface area contributed by atoms with Crippen molar-refractivity contribution in [1.29, 1.82) is 0 Å². The van der Waals surface area contributed by atoms with Gasteiger partial charge in [-0.15, -0.1) is 4.40 Å². The van der Waals surface area contributed by atoms with E-state index in [9.17, 15) is 18.0 Å². The Kier molecular flexibility index (Phi) is 5.29. The molecule has 1 aromatic carbocycles. The van der Waals surface area contributed by atoms with E-state index in [1.165, 1.54) is 17.9 Å². The van der Waals surface area contributed by atoms with E-state index in [1.807, 2.05) is 0 Å². The zero-order valence-corrected chi connectivity index (χ0v) is 15.5. The first kappa shape index (κ1) is 18.4. The predicted molar refractivity (Wildman–Crippen MR) is 91.3 cm³/mol. The Labute approximate surface area is 147 Å². The Morgan fingerprint density at radius 2 is 2.08 bits per heavy atom. The number of fused-ring (bicyclic) bond motifs is 1. The second kappa shape index (κ2) is 6.89. The quantitative estimate of drug-likeness (QED) is 0.442. The highest BCUT2D eigenvalue weighted by Gasteiger charge is 2.27. The number of carbonyl (C=O) groups is 2. The zero-order chi connectivity index (χ0) is 18.1. The first-order valence-electron chi connectivity index (χ1n) is 6.92. The fourth-order valence-electron chi connectivity index (χ4n) is 2.37. The number of halogens is 1. The molecule has 0 aliphatic carbocycles. The Bertz CT molecular complexity index is 835. The summed E-state index contributed by atoms with van der Waals surface area (Å²) in [6.07, 6.45) is 0.208. The lowest BCUT2D eigenvalue weighted by atomic mass is 10.2. The molecule has 0 aromatic heterocycles. The number of amidine groups is 1. The number of rotatable bonds is 4. The van der Waals surface area contributed by atoms with E-state index in [-0.39, 0.29) is 16.6 Å². The largest absolute Gasteiger partial charge is 0.469 e. The summed E-state index contributed by atoms with van der Waals surface area (Å²) < 4.78 is 33.1. The molecule has 0 atom stereocenters. The van der Waals surface area contributed by atoms with E-state index in [2.05, 4.69) is 25.1 Å². The molecule has 8 nitrogen and oxygen atoms in total. The van der Waals surface area contributed by atoms with Crippen molar-refractivity contribution in [1.82, 2.24) is 0 Å². The summed E-state index contributed by atoms with van der Waals surface area (Å²) in [5.74, 6) is -1.24. The average Bonchev–Trinajstić information content (AvgIpc) is 2.88. The van der Waals surface area contributed by atoms with Crippen LogP contribution in [0.2, 0.25) is 0 Å². The zero-order valence-electron chi connectivity index (χ0n) is 13.1. The first-order chi connectivity index (χ1) is 11.2. The average molecular weight is 418 g/mol. The molecule has 10 heteroatoms. The summed E-state index contributed by atoms with van der Waals surface area (Å²) in [6.45, 7) is 1.91. The number of nitrogens with two attached hydrogens (primary N) is 1. The van der Waals surface area contributed by atoms with Gasteiger partial charge in [0.25, 0.3) is 10.0 Å². The molecule has 0 bridgehead atoms. The summed E-state index contributed by atoms with van der Waals surface area (Å²) in [7, 11) is -2.98. The smallest absolute Gasteiger partial charge is 0.313 e. The summed E-state index contributed by atoms with van der Waals surface area (Å²) in [5.41, 5.74) is 6.90. The van der Waals surface area contributed by atoms with Crippen molar-refractivity contribution in [3.63, 3.8) is 0 Å². The van der Waals surface area contributed by atoms with Gasteiger partial charge in [-0.25, -0.2) is 0 Å². The van der Waals surface area contributed by atoms with Gasteiger partial charge in [0.1, 0.15) is 17.2 Å². The normalized spacial score (nSPS) is 14.5. The number of amides is 1. The molecule has 0 fully saturated rings. The third-order valence-electron chi connectivity index (χ3n) is 3.48. The lowest BCUT2D eigenvalue weighted by Gasteiger charge is -2.16. The minimum atomic E-state index is -4.14. The van der Waals surface area contributed by atoms with Crippen molar-refractivity contribution in [3.8, 4) is 0 Å². The van der Waals surface area contributed by atoms with Crippen molar-refractivity contribution in [2.75, 3.05) is 18.6 Å². The number of hydrogen-bond acceptors (Lipinski definition) is 5. The molecule has 2 N–H and O–H groups in total. The van der Waals surface area contributed by atoms with Crippen LogP contribution in [-0.2, 0) is 30.8 Å². The standard InChI is InChI=1S/C14H16BrN3O5S/c1-8(19)18-4-3-9-5-10(15)12(6-11(9)18)24(21,22)17-13(16)7-14(20)23-2/h5-6H,3-4,7H2,1-2H3,(H2,16,17). The van der Waals surface area contributed by atoms with Crippen LogP contribution in [0.25, 0.3) is 0 Å². The minimum absolute atomic E-state index is 0.123. The van der Waals surface area contributed by atoms with Crippen LogP contribution in [0, 0.1) is 0 Å². The molecule has 130 valence electrons. The highest BCUT2D eigenvalue weighted by molar-refractivity contribution is 9.10. The maximum absolute atomic E-state index is 12.5. The van der Waals surface area contributed by atoms with Crippen molar-refractivity contribution in [2.24, 2.45) is 10.1 Å². The highest BCUT2D eigenvalue weighted by atomic mass is 79.9. The van der Waals surface area contributed by atoms with E-state index in [1.54, 1.807) is 6.07 Å². The summed E-state index contributed by atoms with van der Waals surface area (Å²) in [6, 6.07) is 3.04. The van der Waals surface area contributed by atoms with Gasteiger partial charge in [-0.05, 0) is 40.0 Å². The Hall–Kier alpha value is -1.94. The number of methoxy groups -OCH3 is 1. The molecule has 1 aliphatic rings. The van der Waals surface area contributed by atoms with Gasteiger partial charge in [0, 0.05) is 23.6 Å². The predicted octanol–water partition coefficient (Wildman–Crippen LogP) is 0.967.